The topological polar surface area (TPSA) is 116 Å². The molecule has 0 aromatic heterocycles. The van der Waals surface area contributed by atoms with Gasteiger partial charge in [-0.25, -0.2) is 0 Å². The first-order valence-electron chi connectivity index (χ1n) is 5.64. The number of amides is 4. The van der Waals surface area contributed by atoms with E-state index in [-0.39, 0.29) is 83.1 Å². The van der Waals surface area contributed by atoms with E-state index in [0.717, 1.165) is 0 Å². The molecule has 1 fully saturated rings. The molecule has 0 aliphatic carbocycles. The van der Waals surface area contributed by atoms with Crippen LogP contribution in [0.2, 0.25) is 0 Å². The molecule has 0 saturated carbocycles. The Kier molecular flexibility index (Phi) is 8.74. The van der Waals surface area contributed by atoms with Crippen molar-refractivity contribution in [2.75, 3.05) is 26.2 Å². The van der Waals surface area contributed by atoms with E-state index in [1.807, 2.05) is 0 Å². The molecule has 1 aliphatic rings. The van der Waals surface area contributed by atoms with E-state index >= 15 is 0 Å². The number of nitrogens with one attached hydrogen (secondary N) is 4. The molecular weight excluding hydrogens is 347 g/mol. The molecule has 9 heteroatoms. The van der Waals surface area contributed by atoms with Gasteiger partial charge in [0.1, 0.15) is 0 Å². The second-order valence-corrected chi connectivity index (χ2v) is 3.75. The molecule has 0 bridgehead atoms. The second kappa shape index (κ2) is 9.47. The van der Waals surface area contributed by atoms with Crippen LogP contribution in [0.25, 0.3) is 0 Å². The zero-order valence-electron chi connectivity index (χ0n) is 10.2. The maximum absolute atomic E-state index is 11.2. The Hall–Kier alpha value is -1.46. The first-order chi connectivity index (χ1) is 8.58. The Morgan fingerprint density at radius 3 is 1.32 bits per heavy atom. The van der Waals surface area contributed by atoms with Crippen LogP contribution in [-0.4, -0.2) is 49.8 Å². The van der Waals surface area contributed by atoms with E-state index in [1.165, 1.54) is 0 Å². The largest absolute Gasteiger partial charge is 0.354 e. The van der Waals surface area contributed by atoms with Crippen molar-refractivity contribution in [1.82, 2.24) is 21.3 Å². The van der Waals surface area contributed by atoms with Gasteiger partial charge in [0, 0.05) is 46.4 Å². The van der Waals surface area contributed by atoms with Crippen molar-refractivity contribution in [1.29, 1.82) is 0 Å². The molecule has 4 N–H and O–H groups in total. The summed E-state index contributed by atoms with van der Waals surface area (Å²) in [4.78, 5) is 44.9. The molecule has 1 aliphatic heterocycles. The summed E-state index contributed by atoms with van der Waals surface area (Å²) in [6.45, 7) is 0.0765. The van der Waals surface area contributed by atoms with Crippen molar-refractivity contribution in [3.05, 3.63) is 0 Å². The van der Waals surface area contributed by atoms with Gasteiger partial charge in [0.25, 0.3) is 0 Å². The van der Waals surface area contributed by atoms with Gasteiger partial charge in [-0.2, -0.15) is 0 Å². The van der Waals surface area contributed by atoms with Crippen molar-refractivity contribution < 1.29 is 39.6 Å². The smallest absolute Gasteiger partial charge is 0.239 e. The van der Waals surface area contributed by atoms with Gasteiger partial charge in [-0.3, -0.25) is 19.2 Å². The molecule has 1 saturated heterocycles. The standard InChI is InChI=1S/C10H16N4O4.Pd/c15-7-1-3-11-9(17)6-14-8(16)2-4-12-10(18)5-13-7;/h1-6H2,(H,11,17)(H,12,18)(H,13,15)(H,14,16);. The summed E-state index contributed by atoms with van der Waals surface area (Å²) in [6.07, 6.45) is 0.180. The zero-order valence-corrected chi connectivity index (χ0v) is 11.7. The molecule has 0 radical (unpaired) electrons. The summed E-state index contributed by atoms with van der Waals surface area (Å²) < 4.78 is 0. The van der Waals surface area contributed by atoms with Crippen LogP contribution in [0, 0.1) is 0 Å². The summed E-state index contributed by atoms with van der Waals surface area (Å²) in [5.41, 5.74) is 0. The number of carbonyl (C=O) groups is 4. The van der Waals surface area contributed by atoms with Crippen LogP contribution >= 0.6 is 0 Å². The van der Waals surface area contributed by atoms with Gasteiger partial charge >= 0.3 is 0 Å². The fourth-order valence-electron chi connectivity index (χ4n) is 1.29. The normalized spacial score (nSPS) is 18.9. The Labute approximate surface area is 124 Å². The molecule has 0 aromatic carbocycles. The molecule has 1 heterocycles. The number of rotatable bonds is 0. The van der Waals surface area contributed by atoms with Gasteiger partial charge in [-0.1, -0.05) is 0 Å². The van der Waals surface area contributed by atoms with Gasteiger partial charge < -0.3 is 21.3 Å². The molecule has 0 aromatic rings. The van der Waals surface area contributed by atoms with Crippen LogP contribution in [0.1, 0.15) is 12.8 Å². The zero-order chi connectivity index (χ0) is 13.4. The summed E-state index contributed by atoms with van der Waals surface area (Å²) in [5.74, 6) is -1.33. The molecule has 8 nitrogen and oxygen atoms in total. The minimum Gasteiger partial charge on any atom is -0.354 e. The van der Waals surface area contributed by atoms with Crippen molar-refractivity contribution in [2.24, 2.45) is 0 Å². The molecule has 0 unspecified atom stereocenters. The second-order valence-electron chi connectivity index (χ2n) is 3.75. The molecule has 110 valence electrons. The molecule has 4 amide bonds. The van der Waals surface area contributed by atoms with E-state index < -0.39 is 0 Å². The van der Waals surface area contributed by atoms with E-state index in [2.05, 4.69) is 21.3 Å². The van der Waals surface area contributed by atoms with Crippen LogP contribution in [0.4, 0.5) is 0 Å². The van der Waals surface area contributed by atoms with E-state index in [9.17, 15) is 19.2 Å². The van der Waals surface area contributed by atoms with E-state index in [4.69, 9.17) is 0 Å². The summed E-state index contributed by atoms with van der Waals surface area (Å²) in [6, 6.07) is 0. The molecule has 19 heavy (non-hydrogen) atoms. The first-order valence-corrected chi connectivity index (χ1v) is 5.64. The monoisotopic (exact) mass is 362 g/mol. The van der Waals surface area contributed by atoms with Gasteiger partial charge in [0.2, 0.25) is 23.6 Å². The van der Waals surface area contributed by atoms with Gasteiger partial charge in [0.05, 0.1) is 13.1 Å². The van der Waals surface area contributed by atoms with Crippen molar-refractivity contribution >= 4 is 23.6 Å². The maximum Gasteiger partial charge on any atom is 0.239 e. The first kappa shape index (κ1) is 17.5. The van der Waals surface area contributed by atoms with Crippen LogP contribution < -0.4 is 21.3 Å². The Balaban J connectivity index is 0.00000324. The van der Waals surface area contributed by atoms with Crippen LogP contribution in [0.15, 0.2) is 0 Å². The summed E-state index contributed by atoms with van der Waals surface area (Å²) >= 11 is 0. The van der Waals surface area contributed by atoms with Gasteiger partial charge in [0.15, 0.2) is 0 Å². The number of hydrogen-bond donors (Lipinski definition) is 4. The van der Waals surface area contributed by atoms with Gasteiger partial charge in [-0.05, 0) is 0 Å². The average Bonchev–Trinajstić information content (AvgIpc) is 2.33. The third-order valence-electron chi connectivity index (χ3n) is 2.24. The van der Waals surface area contributed by atoms with E-state index in [0.29, 0.717) is 0 Å². The van der Waals surface area contributed by atoms with Gasteiger partial charge in [-0.15, -0.1) is 0 Å². The van der Waals surface area contributed by atoms with Crippen LogP contribution in [-0.2, 0) is 39.6 Å². The summed E-state index contributed by atoms with van der Waals surface area (Å²) in [7, 11) is 0. The predicted molar refractivity (Wildman–Crippen MR) is 61.3 cm³/mol. The van der Waals surface area contributed by atoms with Crippen molar-refractivity contribution in [3.63, 3.8) is 0 Å². The number of hydrogen-bond acceptors (Lipinski definition) is 4. The van der Waals surface area contributed by atoms with E-state index in [1.54, 1.807) is 0 Å². The Morgan fingerprint density at radius 1 is 0.579 bits per heavy atom. The van der Waals surface area contributed by atoms with Crippen LogP contribution in [0.5, 0.6) is 0 Å². The Morgan fingerprint density at radius 2 is 0.947 bits per heavy atom. The molecule has 0 atom stereocenters. The number of carbonyl (C=O) groups excluding carboxylic acids is 4. The maximum atomic E-state index is 11.2. The average molecular weight is 363 g/mol. The molecule has 0 spiro atoms. The van der Waals surface area contributed by atoms with Crippen molar-refractivity contribution in [2.45, 2.75) is 12.8 Å². The molecule has 1 rings (SSSR count). The minimum absolute atomic E-state index is 0. The minimum atomic E-state index is -0.350. The van der Waals surface area contributed by atoms with Crippen molar-refractivity contribution in [3.8, 4) is 0 Å². The Bertz CT molecular complexity index is 295. The third-order valence-corrected chi connectivity index (χ3v) is 2.24. The van der Waals surface area contributed by atoms with Crippen LogP contribution in [0.3, 0.4) is 0 Å². The predicted octanol–water partition coefficient (Wildman–Crippen LogP) is -2.76. The fourth-order valence-corrected chi connectivity index (χ4v) is 1.29. The molecular formula is C10H16N4O4Pd. The quantitative estimate of drug-likeness (QED) is 0.349. The SMILES string of the molecule is O=C1CCNC(=O)CNC(=O)CCNC(=O)CN1.[Pd]. The fraction of sp³-hybridized carbons (Fsp3) is 0.600. The third kappa shape index (κ3) is 8.29. The summed E-state index contributed by atoms with van der Waals surface area (Å²) in [5, 5.41) is 9.79.